The summed E-state index contributed by atoms with van der Waals surface area (Å²) in [7, 11) is 1.87. The minimum absolute atomic E-state index is 0.0806. The number of anilines is 1. The molecule has 0 unspecified atom stereocenters. The number of hydrogen-bond donors (Lipinski definition) is 1. The molecule has 0 spiro atoms. The van der Waals surface area contributed by atoms with Crippen LogP contribution in [0, 0.1) is 0 Å². The van der Waals surface area contributed by atoms with Crippen molar-refractivity contribution in [2.24, 2.45) is 0 Å². The highest BCUT2D eigenvalue weighted by atomic mass is 15.0. The SMILES string of the molecule is CNc1nccc2cc(C(C)(C)C)ncc12. The molecule has 2 aromatic heterocycles. The maximum Gasteiger partial charge on any atom is 0.135 e. The molecular weight excluding hydrogens is 198 g/mol. The first-order valence-electron chi connectivity index (χ1n) is 5.45. The molecule has 3 heteroatoms. The van der Waals surface area contributed by atoms with E-state index in [0.717, 1.165) is 16.9 Å². The normalized spacial score (nSPS) is 11.8. The number of pyridine rings is 2. The fourth-order valence-corrected chi connectivity index (χ4v) is 1.68. The molecule has 2 heterocycles. The van der Waals surface area contributed by atoms with Crippen molar-refractivity contribution in [1.29, 1.82) is 0 Å². The molecule has 0 bridgehead atoms. The Morgan fingerprint density at radius 1 is 1.19 bits per heavy atom. The lowest BCUT2D eigenvalue weighted by atomic mass is 9.91. The lowest BCUT2D eigenvalue weighted by Crippen LogP contribution is -2.13. The maximum absolute atomic E-state index is 4.51. The van der Waals surface area contributed by atoms with Crippen LogP contribution in [0.3, 0.4) is 0 Å². The van der Waals surface area contributed by atoms with E-state index in [4.69, 9.17) is 0 Å². The monoisotopic (exact) mass is 215 g/mol. The van der Waals surface area contributed by atoms with Crippen LogP contribution in [0.1, 0.15) is 26.5 Å². The highest BCUT2D eigenvalue weighted by molar-refractivity contribution is 5.91. The van der Waals surface area contributed by atoms with E-state index in [-0.39, 0.29) is 5.41 Å². The molecule has 2 rings (SSSR count). The first kappa shape index (κ1) is 10.9. The van der Waals surface area contributed by atoms with Crippen molar-refractivity contribution in [3.63, 3.8) is 0 Å². The summed E-state index contributed by atoms with van der Waals surface area (Å²) in [5.74, 6) is 0.880. The molecule has 0 aliphatic rings. The summed E-state index contributed by atoms with van der Waals surface area (Å²) in [4.78, 5) is 8.77. The number of nitrogens with one attached hydrogen (secondary N) is 1. The first-order chi connectivity index (χ1) is 7.52. The Labute approximate surface area is 95.9 Å². The Hall–Kier alpha value is -1.64. The van der Waals surface area contributed by atoms with Crippen LogP contribution < -0.4 is 5.32 Å². The third kappa shape index (κ3) is 1.85. The van der Waals surface area contributed by atoms with E-state index in [1.807, 2.05) is 25.5 Å². The molecule has 0 saturated heterocycles. The van der Waals surface area contributed by atoms with Crippen molar-refractivity contribution in [1.82, 2.24) is 9.97 Å². The average molecular weight is 215 g/mol. The van der Waals surface area contributed by atoms with Crippen LogP contribution in [-0.2, 0) is 5.41 Å². The van der Waals surface area contributed by atoms with Gasteiger partial charge in [-0.2, -0.15) is 0 Å². The zero-order valence-corrected chi connectivity index (χ0v) is 10.2. The first-order valence-corrected chi connectivity index (χ1v) is 5.45. The highest BCUT2D eigenvalue weighted by Crippen LogP contribution is 2.26. The van der Waals surface area contributed by atoms with Crippen molar-refractivity contribution in [2.45, 2.75) is 26.2 Å². The molecule has 3 nitrogen and oxygen atoms in total. The van der Waals surface area contributed by atoms with Crippen LogP contribution in [0.4, 0.5) is 5.82 Å². The predicted molar refractivity (Wildman–Crippen MR) is 67.8 cm³/mol. The molecule has 0 saturated carbocycles. The summed E-state index contributed by atoms with van der Waals surface area (Å²) in [6.07, 6.45) is 3.72. The summed E-state index contributed by atoms with van der Waals surface area (Å²) in [5, 5.41) is 5.32. The quantitative estimate of drug-likeness (QED) is 0.794. The lowest BCUT2D eigenvalue weighted by Gasteiger charge is -2.18. The molecule has 0 aliphatic heterocycles. The Morgan fingerprint density at radius 3 is 2.56 bits per heavy atom. The van der Waals surface area contributed by atoms with Gasteiger partial charge in [-0.25, -0.2) is 4.98 Å². The Bertz CT molecular complexity index is 512. The fourth-order valence-electron chi connectivity index (χ4n) is 1.68. The Morgan fingerprint density at radius 2 is 1.94 bits per heavy atom. The van der Waals surface area contributed by atoms with E-state index < -0.39 is 0 Å². The standard InChI is InChI=1S/C13H17N3/c1-13(2,3)11-7-9-5-6-15-12(14-4)10(9)8-16-11/h5-8H,1-4H3,(H,14,15). The second kappa shape index (κ2) is 3.74. The molecular formula is C13H17N3. The van der Waals surface area contributed by atoms with E-state index >= 15 is 0 Å². The van der Waals surface area contributed by atoms with Gasteiger partial charge in [0.15, 0.2) is 0 Å². The van der Waals surface area contributed by atoms with Crippen LogP contribution in [-0.4, -0.2) is 17.0 Å². The van der Waals surface area contributed by atoms with Gasteiger partial charge in [0, 0.05) is 35.9 Å². The summed E-state index contributed by atoms with van der Waals surface area (Å²) in [6, 6.07) is 4.16. The number of aromatic nitrogens is 2. The zero-order chi connectivity index (χ0) is 11.8. The Kier molecular flexibility index (Phi) is 2.54. The molecule has 0 aliphatic carbocycles. The van der Waals surface area contributed by atoms with Gasteiger partial charge in [-0.05, 0) is 17.5 Å². The van der Waals surface area contributed by atoms with Gasteiger partial charge in [0.2, 0.25) is 0 Å². The minimum Gasteiger partial charge on any atom is -0.373 e. The zero-order valence-electron chi connectivity index (χ0n) is 10.2. The number of fused-ring (bicyclic) bond motifs is 1. The minimum atomic E-state index is 0.0806. The Balaban J connectivity index is 2.64. The van der Waals surface area contributed by atoms with Gasteiger partial charge in [-0.15, -0.1) is 0 Å². The second-order valence-electron chi connectivity index (χ2n) is 4.95. The van der Waals surface area contributed by atoms with Crippen LogP contribution in [0.5, 0.6) is 0 Å². The van der Waals surface area contributed by atoms with Crippen molar-refractivity contribution in [2.75, 3.05) is 12.4 Å². The van der Waals surface area contributed by atoms with E-state index in [9.17, 15) is 0 Å². The third-order valence-corrected chi connectivity index (χ3v) is 2.65. The van der Waals surface area contributed by atoms with Gasteiger partial charge in [-0.1, -0.05) is 20.8 Å². The molecule has 84 valence electrons. The van der Waals surface area contributed by atoms with Crippen molar-refractivity contribution in [3.05, 3.63) is 30.2 Å². The lowest BCUT2D eigenvalue weighted by molar-refractivity contribution is 0.570. The molecule has 16 heavy (non-hydrogen) atoms. The summed E-state index contributed by atoms with van der Waals surface area (Å²) in [6.45, 7) is 6.50. The second-order valence-corrected chi connectivity index (χ2v) is 4.95. The van der Waals surface area contributed by atoms with Crippen molar-refractivity contribution in [3.8, 4) is 0 Å². The number of nitrogens with zero attached hydrogens (tertiary/aromatic N) is 2. The van der Waals surface area contributed by atoms with Crippen molar-refractivity contribution < 1.29 is 0 Å². The smallest absolute Gasteiger partial charge is 0.135 e. The molecule has 0 radical (unpaired) electrons. The molecule has 0 aromatic carbocycles. The maximum atomic E-state index is 4.51. The summed E-state index contributed by atoms with van der Waals surface area (Å²) in [5.41, 5.74) is 1.19. The topological polar surface area (TPSA) is 37.8 Å². The van der Waals surface area contributed by atoms with Gasteiger partial charge in [0.05, 0.1) is 0 Å². The van der Waals surface area contributed by atoms with Gasteiger partial charge in [-0.3, -0.25) is 4.98 Å². The summed E-state index contributed by atoms with van der Waals surface area (Å²) < 4.78 is 0. The fraction of sp³-hybridized carbons (Fsp3) is 0.385. The average Bonchev–Trinajstić information content (AvgIpc) is 2.26. The van der Waals surface area contributed by atoms with E-state index in [0.29, 0.717) is 0 Å². The van der Waals surface area contributed by atoms with Crippen LogP contribution >= 0.6 is 0 Å². The van der Waals surface area contributed by atoms with Gasteiger partial charge in [0.1, 0.15) is 5.82 Å². The molecule has 0 fully saturated rings. The van der Waals surface area contributed by atoms with Crippen LogP contribution in [0.15, 0.2) is 24.5 Å². The highest BCUT2D eigenvalue weighted by Gasteiger charge is 2.15. The van der Waals surface area contributed by atoms with Gasteiger partial charge >= 0.3 is 0 Å². The van der Waals surface area contributed by atoms with E-state index in [1.54, 1.807) is 0 Å². The van der Waals surface area contributed by atoms with Crippen molar-refractivity contribution >= 4 is 16.6 Å². The number of hydrogen-bond acceptors (Lipinski definition) is 3. The van der Waals surface area contributed by atoms with Gasteiger partial charge in [0.25, 0.3) is 0 Å². The third-order valence-electron chi connectivity index (χ3n) is 2.65. The molecule has 0 amide bonds. The molecule has 0 atom stereocenters. The van der Waals surface area contributed by atoms with E-state index in [2.05, 4.69) is 42.1 Å². The van der Waals surface area contributed by atoms with Crippen LogP contribution in [0.2, 0.25) is 0 Å². The van der Waals surface area contributed by atoms with E-state index in [1.165, 1.54) is 5.39 Å². The van der Waals surface area contributed by atoms with Gasteiger partial charge < -0.3 is 5.32 Å². The van der Waals surface area contributed by atoms with Crippen LogP contribution in [0.25, 0.3) is 10.8 Å². The molecule has 2 aromatic rings. The molecule has 1 N–H and O–H groups in total. The summed E-state index contributed by atoms with van der Waals surface area (Å²) >= 11 is 0. The number of rotatable bonds is 1. The predicted octanol–water partition coefficient (Wildman–Crippen LogP) is 2.97. The largest absolute Gasteiger partial charge is 0.373 e.